The number of nitrogens with zero attached hydrogens (tertiary/aromatic N) is 1. The Morgan fingerprint density at radius 3 is 2.80 bits per heavy atom. The molecule has 58 valence electrons. The lowest BCUT2D eigenvalue weighted by Gasteiger charge is -2.31. The van der Waals surface area contributed by atoms with Gasteiger partial charge in [-0.3, -0.25) is 4.90 Å². The minimum Gasteiger partial charge on any atom is -0.307 e. The lowest BCUT2D eigenvalue weighted by Crippen LogP contribution is -2.40. The van der Waals surface area contributed by atoms with E-state index < -0.39 is 0 Å². The summed E-state index contributed by atoms with van der Waals surface area (Å²) in [7, 11) is 2.09. The summed E-state index contributed by atoms with van der Waals surface area (Å²) in [4.78, 5) is 2.25. The van der Waals surface area contributed by atoms with Gasteiger partial charge >= 0.3 is 0 Å². The maximum Gasteiger partial charge on any atom is 0.0934 e. The molecular formula is C7H14N2S. The predicted octanol–water partition coefficient (Wildman–Crippen LogP) is 1.42. The van der Waals surface area contributed by atoms with Gasteiger partial charge in [0.2, 0.25) is 0 Å². The van der Waals surface area contributed by atoms with Crippen LogP contribution in [-0.2, 0) is 0 Å². The van der Waals surface area contributed by atoms with Crippen LogP contribution in [0.3, 0.4) is 0 Å². The van der Waals surface area contributed by atoms with Crippen molar-refractivity contribution in [3.05, 3.63) is 0 Å². The molecule has 1 atom stereocenters. The molecule has 1 heterocycles. The van der Waals surface area contributed by atoms with Crippen molar-refractivity contribution in [3.63, 3.8) is 0 Å². The van der Waals surface area contributed by atoms with Gasteiger partial charge in [-0.25, -0.2) is 0 Å². The molecule has 1 unspecified atom stereocenters. The second-order valence-electron chi connectivity index (χ2n) is 2.70. The van der Waals surface area contributed by atoms with Crippen molar-refractivity contribution >= 4 is 17.5 Å². The fourth-order valence-corrected chi connectivity index (χ4v) is 2.22. The van der Waals surface area contributed by atoms with Crippen molar-refractivity contribution in [3.8, 4) is 0 Å². The van der Waals surface area contributed by atoms with E-state index in [1.54, 1.807) is 11.8 Å². The molecule has 0 aliphatic carbocycles. The van der Waals surface area contributed by atoms with E-state index in [0.29, 0.717) is 5.37 Å². The normalized spacial score (nSPS) is 29.0. The van der Waals surface area contributed by atoms with Gasteiger partial charge in [-0.05, 0) is 32.7 Å². The smallest absolute Gasteiger partial charge is 0.0934 e. The predicted molar refractivity (Wildman–Crippen MR) is 46.9 cm³/mol. The van der Waals surface area contributed by atoms with Crippen LogP contribution in [0.2, 0.25) is 0 Å². The molecule has 0 amide bonds. The summed E-state index contributed by atoms with van der Waals surface area (Å²) < 4.78 is 0. The van der Waals surface area contributed by atoms with Gasteiger partial charge in [0.1, 0.15) is 0 Å². The first-order chi connectivity index (χ1) is 4.75. The number of rotatable bonds is 1. The van der Waals surface area contributed by atoms with Gasteiger partial charge in [-0.2, -0.15) is 0 Å². The third-order valence-electron chi connectivity index (χ3n) is 1.88. The fourth-order valence-electron chi connectivity index (χ4n) is 1.35. The van der Waals surface area contributed by atoms with Gasteiger partial charge in [-0.1, -0.05) is 0 Å². The van der Waals surface area contributed by atoms with Crippen molar-refractivity contribution in [2.24, 2.45) is 0 Å². The van der Waals surface area contributed by atoms with Gasteiger partial charge in [0.25, 0.3) is 0 Å². The first-order valence-corrected chi connectivity index (χ1v) is 4.85. The monoisotopic (exact) mass is 158 g/mol. The number of nitrogens with one attached hydrogen (secondary N) is 1. The zero-order valence-electron chi connectivity index (χ0n) is 6.55. The van der Waals surface area contributed by atoms with E-state index in [-0.39, 0.29) is 0 Å². The number of hydrogen-bond acceptors (Lipinski definition) is 3. The summed E-state index contributed by atoms with van der Waals surface area (Å²) in [5.41, 5.74) is 0.890. The summed E-state index contributed by atoms with van der Waals surface area (Å²) in [6.07, 6.45) is 4.23. The Hall–Kier alpha value is -0.0200. The molecule has 0 saturated carbocycles. The lowest BCUT2D eigenvalue weighted by molar-refractivity contribution is 0.332. The van der Waals surface area contributed by atoms with Crippen LogP contribution in [0.5, 0.6) is 0 Å². The van der Waals surface area contributed by atoms with E-state index in [0.717, 1.165) is 25.1 Å². The van der Waals surface area contributed by atoms with E-state index in [1.165, 1.54) is 0 Å². The first-order valence-electron chi connectivity index (χ1n) is 3.56. The van der Waals surface area contributed by atoms with E-state index in [4.69, 9.17) is 5.41 Å². The largest absolute Gasteiger partial charge is 0.307 e. The quantitative estimate of drug-likeness (QED) is 0.625. The number of thioether (sulfide) groups is 1. The van der Waals surface area contributed by atoms with E-state index in [2.05, 4.69) is 18.2 Å². The van der Waals surface area contributed by atoms with Crippen LogP contribution in [0.25, 0.3) is 0 Å². The van der Waals surface area contributed by atoms with E-state index >= 15 is 0 Å². The Labute approximate surface area is 66.5 Å². The molecule has 1 rings (SSSR count). The average Bonchev–Trinajstić information content (AvgIpc) is 1.88. The summed E-state index contributed by atoms with van der Waals surface area (Å²) in [6.45, 7) is 1.15. The molecule has 1 N–H and O–H groups in total. The van der Waals surface area contributed by atoms with Crippen molar-refractivity contribution in [2.45, 2.75) is 18.2 Å². The van der Waals surface area contributed by atoms with Crippen LogP contribution >= 0.6 is 11.8 Å². The zero-order valence-corrected chi connectivity index (χ0v) is 7.37. The number of hydrogen-bond donors (Lipinski definition) is 1. The van der Waals surface area contributed by atoms with Crippen LogP contribution in [0.15, 0.2) is 0 Å². The summed E-state index contributed by atoms with van der Waals surface area (Å²) >= 11 is 1.76. The summed E-state index contributed by atoms with van der Waals surface area (Å²) in [5.74, 6) is 0. The Balaban J connectivity index is 2.53. The Morgan fingerprint density at radius 1 is 1.70 bits per heavy atom. The second-order valence-corrected chi connectivity index (χ2v) is 3.62. The molecule has 1 saturated heterocycles. The van der Waals surface area contributed by atoms with Gasteiger partial charge < -0.3 is 5.41 Å². The number of piperidine rings is 1. The van der Waals surface area contributed by atoms with Gasteiger partial charge in [-0.15, -0.1) is 11.8 Å². The zero-order chi connectivity index (χ0) is 7.56. The molecule has 0 aromatic rings. The highest BCUT2D eigenvalue weighted by molar-refractivity contribution is 7.99. The third kappa shape index (κ3) is 1.52. The maximum atomic E-state index is 7.61. The Morgan fingerprint density at radius 2 is 2.40 bits per heavy atom. The van der Waals surface area contributed by atoms with Crippen molar-refractivity contribution in [2.75, 3.05) is 19.8 Å². The second kappa shape index (κ2) is 3.39. The molecule has 0 aromatic heterocycles. The van der Waals surface area contributed by atoms with Crippen molar-refractivity contribution in [1.29, 1.82) is 5.41 Å². The Kier molecular flexibility index (Phi) is 2.74. The fraction of sp³-hybridized carbons (Fsp3) is 0.857. The molecule has 0 radical (unpaired) electrons. The molecule has 10 heavy (non-hydrogen) atoms. The highest BCUT2D eigenvalue weighted by Gasteiger charge is 2.22. The minimum atomic E-state index is 0.355. The first kappa shape index (κ1) is 8.08. The molecule has 0 bridgehead atoms. The highest BCUT2D eigenvalue weighted by Crippen LogP contribution is 2.19. The molecule has 1 aliphatic heterocycles. The van der Waals surface area contributed by atoms with Crippen LogP contribution in [-0.4, -0.2) is 35.8 Å². The SMILES string of the molecule is CSC1C(=N)CCCN1C. The molecule has 2 nitrogen and oxygen atoms in total. The Bertz CT molecular complexity index is 136. The van der Waals surface area contributed by atoms with Crippen LogP contribution in [0.4, 0.5) is 0 Å². The molecule has 3 heteroatoms. The third-order valence-corrected chi connectivity index (χ3v) is 2.97. The van der Waals surface area contributed by atoms with Crippen LogP contribution in [0.1, 0.15) is 12.8 Å². The molecule has 0 aromatic carbocycles. The average molecular weight is 158 g/mol. The minimum absolute atomic E-state index is 0.355. The summed E-state index contributed by atoms with van der Waals surface area (Å²) in [5, 5.41) is 7.97. The van der Waals surface area contributed by atoms with Gasteiger partial charge in [0.15, 0.2) is 0 Å². The van der Waals surface area contributed by atoms with E-state index in [1.807, 2.05) is 0 Å². The van der Waals surface area contributed by atoms with Gasteiger partial charge in [0, 0.05) is 5.71 Å². The topological polar surface area (TPSA) is 27.1 Å². The molecule has 0 spiro atoms. The van der Waals surface area contributed by atoms with Crippen molar-refractivity contribution < 1.29 is 0 Å². The van der Waals surface area contributed by atoms with Crippen molar-refractivity contribution in [1.82, 2.24) is 4.90 Å². The van der Waals surface area contributed by atoms with Gasteiger partial charge in [0.05, 0.1) is 5.37 Å². The summed E-state index contributed by atoms with van der Waals surface area (Å²) in [6, 6.07) is 0. The molecule has 1 aliphatic rings. The van der Waals surface area contributed by atoms with Crippen LogP contribution < -0.4 is 0 Å². The van der Waals surface area contributed by atoms with Crippen LogP contribution in [0, 0.1) is 5.41 Å². The standard InChI is InChI=1S/C7H14N2S/c1-9-5-3-4-6(8)7(9)10-2/h7-8H,3-5H2,1-2H3. The maximum absolute atomic E-state index is 7.61. The molecular weight excluding hydrogens is 144 g/mol. The van der Waals surface area contributed by atoms with E-state index in [9.17, 15) is 0 Å². The number of likely N-dealkylation sites (tertiary alicyclic amines) is 1. The lowest BCUT2D eigenvalue weighted by atomic mass is 10.1. The molecule has 1 fully saturated rings. The highest BCUT2D eigenvalue weighted by atomic mass is 32.2.